The zero-order chi connectivity index (χ0) is 44.3. The number of hydrogen-bond acceptors (Lipinski definition) is 5. The summed E-state index contributed by atoms with van der Waals surface area (Å²) < 4.78 is 23.3. The van der Waals surface area contributed by atoms with Crippen molar-refractivity contribution in [3.05, 3.63) is 122 Å². The summed E-state index contributed by atoms with van der Waals surface area (Å²) in [5.74, 6) is -0.211. The number of aliphatic hydroxyl groups excluding tert-OH is 1. The average Bonchev–Trinajstić information content (AvgIpc) is 3.20. The Hall–Kier alpha value is -3.10. The van der Waals surface area contributed by atoms with Crippen LogP contribution < -0.4 is 5.32 Å². The Balaban J connectivity index is 4.11. The number of quaternary nitrogens is 1. The summed E-state index contributed by atoms with van der Waals surface area (Å²) in [5.41, 5.74) is 0. The number of rotatable bonds is 39. The van der Waals surface area contributed by atoms with Crippen molar-refractivity contribution in [2.45, 2.75) is 154 Å². The molecule has 0 rings (SSSR count). The van der Waals surface area contributed by atoms with Crippen molar-refractivity contribution in [3.8, 4) is 0 Å². The molecular formula is C51H86N2O6P+. The van der Waals surface area contributed by atoms with Gasteiger partial charge in [-0.1, -0.05) is 167 Å². The highest BCUT2D eigenvalue weighted by Gasteiger charge is 2.27. The van der Waals surface area contributed by atoms with Gasteiger partial charge in [-0.3, -0.25) is 13.8 Å². The van der Waals surface area contributed by atoms with Gasteiger partial charge in [-0.2, -0.15) is 0 Å². The van der Waals surface area contributed by atoms with E-state index in [1.54, 1.807) is 6.08 Å². The number of unbranched alkanes of at least 4 members (excludes halogenated alkanes) is 8. The van der Waals surface area contributed by atoms with Crippen LogP contribution in [0.4, 0.5) is 0 Å². The van der Waals surface area contributed by atoms with Gasteiger partial charge in [0.2, 0.25) is 5.91 Å². The molecule has 0 aromatic rings. The number of allylic oxidation sites excluding steroid dienone is 19. The lowest BCUT2D eigenvalue weighted by Gasteiger charge is -2.25. The number of amides is 1. The first-order valence-electron chi connectivity index (χ1n) is 22.9. The van der Waals surface area contributed by atoms with Crippen LogP contribution in [-0.4, -0.2) is 73.4 Å². The predicted octanol–water partition coefficient (Wildman–Crippen LogP) is 13.1. The second-order valence-corrected chi connectivity index (χ2v) is 17.5. The van der Waals surface area contributed by atoms with Gasteiger partial charge in [0.15, 0.2) is 0 Å². The van der Waals surface area contributed by atoms with Crippen LogP contribution in [0.2, 0.25) is 0 Å². The molecule has 9 heteroatoms. The van der Waals surface area contributed by atoms with Gasteiger partial charge in [-0.25, -0.2) is 4.57 Å². The van der Waals surface area contributed by atoms with E-state index in [4.69, 9.17) is 9.05 Å². The van der Waals surface area contributed by atoms with Crippen molar-refractivity contribution in [2.75, 3.05) is 40.9 Å². The standard InChI is InChI=1S/C51H85N2O6P/c1-6-8-10-12-13-14-15-16-17-18-19-20-21-22-23-24-25-26-27-28-29-30-31-32-33-34-35-36-37-38-39-41-43-45-51(55)52-49(50(54)44-42-40-11-9-7-2)48-59-60(56,57)58-47-46-53(3,4)5/h8,10,13-14,16-17,19-20,22-23,25-26,28-29,31-32,34-35,42,44,49-50,54H,6-7,9,11-12,15,18,21,24,27,30,33,36-41,43,45-48H2,1-5H3,(H-,52,55,56,57)/p+1/b10-8-,14-13-,17-16-,20-19-,23-22-,26-25-,29-28-,32-31-,35-34-,44-42+. The fourth-order valence-corrected chi connectivity index (χ4v) is 6.29. The van der Waals surface area contributed by atoms with E-state index < -0.39 is 20.0 Å². The minimum Gasteiger partial charge on any atom is -0.387 e. The first-order valence-corrected chi connectivity index (χ1v) is 24.4. The van der Waals surface area contributed by atoms with E-state index in [-0.39, 0.29) is 19.1 Å². The first-order chi connectivity index (χ1) is 29.0. The molecule has 0 bridgehead atoms. The Labute approximate surface area is 367 Å². The number of phosphoric acid groups is 1. The molecule has 3 unspecified atom stereocenters. The molecule has 3 atom stereocenters. The van der Waals surface area contributed by atoms with Crippen LogP contribution >= 0.6 is 7.82 Å². The summed E-state index contributed by atoms with van der Waals surface area (Å²) in [5, 5.41) is 13.6. The van der Waals surface area contributed by atoms with Crippen molar-refractivity contribution in [3.63, 3.8) is 0 Å². The highest BCUT2D eigenvalue weighted by molar-refractivity contribution is 7.47. The fraction of sp³-hybridized carbons (Fsp3) is 0.588. The van der Waals surface area contributed by atoms with Gasteiger partial charge in [-0.05, 0) is 89.9 Å². The predicted molar refractivity (Wildman–Crippen MR) is 258 cm³/mol. The normalized spacial score (nSPS) is 15.4. The Bertz CT molecular complexity index is 1380. The molecule has 0 aliphatic heterocycles. The molecule has 0 spiro atoms. The highest BCUT2D eigenvalue weighted by atomic mass is 31.2. The molecule has 0 radical (unpaired) electrons. The van der Waals surface area contributed by atoms with Gasteiger partial charge in [0.05, 0.1) is 39.9 Å². The number of phosphoric ester groups is 1. The molecule has 1 amide bonds. The molecule has 0 aromatic heterocycles. The number of aliphatic hydroxyl groups is 1. The average molecular weight is 854 g/mol. The van der Waals surface area contributed by atoms with Crippen LogP contribution in [0.3, 0.4) is 0 Å². The maximum absolute atomic E-state index is 12.8. The second-order valence-electron chi connectivity index (χ2n) is 16.0. The molecule has 340 valence electrons. The van der Waals surface area contributed by atoms with Crippen molar-refractivity contribution in [1.29, 1.82) is 0 Å². The smallest absolute Gasteiger partial charge is 0.387 e. The molecule has 0 saturated carbocycles. The third kappa shape index (κ3) is 43.0. The van der Waals surface area contributed by atoms with Crippen molar-refractivity contribution in [2.24, 2.45) is 0 Å². The third-order valence-electron chi connectivity index (χ3n) is 9.19. The maximum Gasteiger partial charge on any atom is 0.472 e. The summed E-state index contributed by atoms with van der Waals surface area (Å²) in [7, 11) is 1.53. The fourth-order valence-electron chi connectivity index (χ4n) is 5.56. The summed E-state index contributed by atoms with van der Waals surface area (Å²) in [4.78, 5) is 22.9. The number of carbonyl (C=O) groups excluding carboxylic acids is 1. The van der Waals surface area contributed by atoms with E-state index in [0.29, 0.717) is 17.4 Å². The number of hydrogen-bond donors (Lipinski definition) is 3. The second kappa shape index (κ2) is 41.3. The van der Waals surface area contributed by atoms with Crippen LogP contribution in [0.5, 0.6) is 0 Å². The molecule has 8 nitrogen and oxygen atoms in total. The molecule has 0 heterocycles. The highest BCUT2D eigenvalue weighted by Crippen LogP contribution is 2.43. The number of likely N-dealkylation sites (N-methyl/N-ethyl adjacent to an activating group) is 1. The van der Waals surface area contributed by atoms with E-state index in [9.17, 15) is 19.4 Å². The van der Waals surface area contributed by atoms with E-state index in [0.717, 1.165) is 122 Å². The van der Waals surface area contributed by atoms with Crippen LogP contribution in [0.25, 0.3) is 0 Å². The summed E-state index contributed by atoms with van der Waals surface area (Å²) >= 11 is 0. The van der Waals surface area contributed by atoms with E-state index in [1.165, 1.54) is 0 Å². The third-order valence-corrected chi connectivity index (χ3v) is 10.2. The maximum atomic E-state index is 12.8. The Morgan fingerprint density at radius 1 is 0.583 bits per heavy atom. The number of carbonyl (C=O) groups is 1. The molecular weight excluding hydrogens is 768 g/mol. The van der Waals surface area contributed by atoms with Crippen LogP contribution in [0, 0.1) is 0 Å². The molecule has 0 aliphatic rings. The molecule has 0 aromatic carbocycles. The van der Waals surface area contributed by atoms with Crippen LogP contribution in [0.15, 0.2) is 122 Å². The lowest BCUT2D eigenvalue weighted by atomic mass is 10.1. The Morgan fingerprint density at radius 2 is 1.00 bits per heavy atom. The summed E-state index contributed by atoms with van der Waals surface area (Å²) in [6.07, 6.45) is 61.8. The topological polar surface area (TPSA) is 105 Å². The molecule has 0 saturated heterocycles. The minimum absolute atomic E-state index is 0.0492. The van der Waals surface area contributed by atoms with E-state index in [1.807, 2.05) is 27.2 Å². The zero-order valence-corrected chi connectivity index (χ0v) is 39.3. The molecule has 0 fully saturated rings. The van der Waals surface area contributed by atoms with Crippen LogP contribution in [-0.2, 0) is 18.4 Å². The monoisotopic (exact) mass is 854 g/mol. The lowest BCUT2D eigenvalue weighted by molar-refractivity contribution is -0.870. The number of nitrogens with one attached hydrogen (secondary N) is 1. The Kier molecular flexibility index (Phi) is 39.1. The van der Waals surface area contributed by atoms with Gasteiger partial charge in [-0.15, -0.1) is 0 Å². The Morgan fingerprint density at radius 3 is 1.47 bits per heavy atom. The molecule has 0 aliphatic carbocycles. The van der Waals surface area contributed by atoms with Crippen LogP contribution in [0.1, 0.15) is 142 Å². The first kappa shape index (κ1) is 56.9. The zero-order valence-electron chi connectivity index (χ0n) is 38.4. The van der Waals surface area contributed by atoms with Gasteiger partial charge < -0.3 is 19.8 Å². The van der Waals surface area contributed by atoms with Gasteiger partial charge in [0, 0.05) is 6.42 Å². The van der Waals surface area contributed by atoms with Gasteiger partial charge in [0.25, 0.3) is 0 Å². The van der Waals surface area contributed by atoms with Gasteiger partial charge >= 0.3 is 7.82 Å². The largest absolute Gasteiger partial charge is 0.472 e. The van der Waals surface area contributed by atoms with Gasteiger partial charge in [0.1, 0.15) is 13.2 Å². The van der Waals surface area contributed by atoms with Crippen molar-refractivity contribution in [1.82, 2.24) is 5.32 Å². The molecule has 60 heavy (non-hydrogen) atoms. The summed E-state index contributed by atoms with van der Waals surface area (Å²) in [6.45, 7) is 4.53. The van der Waals surface area contributed by atoms with Crippen molar-refractivity contribution < 1.29 is 32.9 Å². The van der Waals surface area contributed by atoms with E-state index >= 15 is 0 Å². The summed E-state index contributed by atoms with van der Waals surface area (Å²) in [6, 6.07) is -0.862. The van der Waals surface area contributed by atoms with Crippen molar-refractivity contribution >= 4 is 13.7 Å². The SMILES string of the molecule is CC/C=C\C/C=C\C/C=C\C/C=C\C/C=C\C/C=C\C/C=C\C/C=C\C/C=C\CCCCCCCC(=O)NC(COP(=O)(O)OCC[N+](C)(C)C)C(O)/C=C/CCCCC. The molecule has 3 N–H and O–H groups in total. The number of nitrogens with zero attached hydrogens (tertiary/aromatic N) is 1. The van der Waals surface area contributed by atoms with E-state index in [2.05, 4.69) is 129 Å². The lowest BCUT2D eigenvalue weighted by Crippen LogP contribution is -2.45. The quantitative estimate of drug-likeness (QED) is 0.0246. The minimum atomic E-state index is -4.34.